The molecule has 72 valence electrons. The van der Waals surface area contributed by atoms with E-state index in [1.165, 1.54) is 0 Å². The van der Waals surface area contributed by atoms with Crippen LogP contribution in [0, 0.1) is 0 Å². The van der Waals surface area contributed by atoms with E-state index in [-0.39, 0.29) is 11.7 Å². The normalized spacial score (nSPS) is 16.6. The van der Waals surface area contributed by atoms with E-state index in [4.69, 9.17) is 0 Å². The summed E-state index contributed by atoms with van der Waals surface area (Å²) in [5.41, 5.74) is 1.27. The number of para-hydroxylation sites is 1. The lowest BCUT2D eigenvalue weighted by molar-refractivity contribution is -0.116. The smallest absolute Gasteiger partial charge is 0.224 e. The van der Waals surface area contributed by atoms with Crippen LogP contribution in [0.3, 0.4) is 0 Å². The lowest BCUT2D eigenvalue weighted by Crippen LogP contribution is -2.17. The Hall–Kier alpha value is -1.64. The molecule has 0 saturated heterocycles. The maximum atomic E-state index is 11.6. The van der Waals surface area contributed by atoms with Crippen molar-refractivity contribution < 1.29 is 9.59 Å². The lowest BCUT2D eigenvalue weighted by atomic mass is 10.0. The van der Waals surface area contributed by atoms with Gasteiger partial charge in [-0.15, -0.1) is 0 Å². The summed E-state index contributed by atoms with van der Waals surface area (Å²) < 4.78 is 0. The van der Waals surface area contributed by atoms with Gasteiger partial charge in [0.25, 0.3) is 0 Å². The summed E-state index contributed by atoms with van der Waals surface area (Å²) in [6.45, 7) is 0. The van der Waals surface area contributed by atoms with Crippen molar-refractivity contribution in [2.24, 2.45) is 0 Å². The Bertz CT molecular complexity index is 385. The van der Waals surface area contributed by atoms with Gasteiger partial charge in [0, 0.05) is 18.4 Å². The van der Waals surface area contributed by atoms with Crippen LogP contribution in [0.2, 0.25) is 0 Å². The van der Waals surface area contributed by atoms with Crippen LogP contribution in [0.1, 0.15) is 29.6 Å². The molecule has 3 nitrogen and oxygen atoms in total. The molecule has 0 unspecified atom stereocenters. The van der Waals surface area contributed by atoms with Crippen molar-refractivity contribution in [1.29, 1.82) is 0 Å². The SMILES string of the molecule is O=C1CCCC(=O)c2ccccc2N1. The minimum Gasteiger partial charge on any atom is -0.325 e. The summed E-state index contributed by atoms with van der Waals surface area (Å²) in [7, 11) is 0. The molecule has 1 N–H and O–H groups in total. The van der Waals surface area contributed by atoms with Gasteiger partial charge in [-0.3, -0.25) is 9.59 Å². The van der Waals surface area contributed by atoms with Crippen LogP contribution < -0.4 is 5.32 Å². The monoisotopic (exact) mass is 189 g/mol. The Morgan fingerprint density at radius 2 is 1.86 bits per heavy atom. The predicted octanol–water partition coefficient (Wildman–Crippen LogP) is 1.99. The van der Waals surface area contributed by atoms with E-state index in [2.05, 4.69) is 5.32 Å². The molecule has 0 radical (unpaired) electrons. The van der Waals surface area contributed by atoms with Crippen LogP contribution in [-0.4, -0.2) is 11.7 Å². The summed E-state index contributed by atoms with van der Waals surface area (Å²) in [6, 6.07) is 7.14. The Labute approximate surface area is 82.1 Å². The van der Waals surface area contributed by atoms with Crippen molar-refractivity contribution in [3.05, 3.63) is 29.8 Å². The number of anilines is 1. The van der Waals surface area contributed by atoms with Crippen molar-refractivity contribution in [3.8, 4) is 0 Å². The third kappa shape index (κ3) is 1.66. The van der Waals surface area contributed by atoms with Crippen molar-refractivity contribution in [1.82, 2.24) is 0 Å². The molecule has 1 aliphatic heterocycles. The molecule has 0 spiro atoms. The first kappa shape index (κ1) is 8.94. The molecular weight excluding hydrogens is 178 g/mol. The Kier molecular flexibility index (Phi) is 2.31. The number of fused-ring (bicyclic) bond motifs is 1. The van der Waals surface area contributed by atoms with Gasteiger partial charge >= 0.3 is 0 Å². The van der Waals surface area contributed by atoms with E-state index in [0.29, 0.717) is 30.5 Å². The molecule has 1 amide bonds. The Morgan fingerprint density at radius 3 is 2.71 bits per heavy atom. The molecule has 0 aromatic heterocycles. The van der Waals surface area contributed by atoms with Crippen LogP contribution in [0.4, 0.5) is 5.69 Å². The molecule has 14 heavy (non-hydrogen) atoms. The zero-order chi connectivity index (χ0) is 9.97. The number of amides is 1. The second kappa shape index (κ2) is 3.62. The molecule has 1 aromatic carbocycles. The third-order valence-electron chi connectivity index (χ3n) is 2.31. The number of rotatable bonds is 0. The predicted molar refractivity (Wildman–Crippen MR) is 53.3 cm³/mol. The molecular formula is C11H11NO2. The van der Waals surface area contributed by atoms with E-state index in [1.807, 2.05) is 12.1 Å². The van der Waals surface area contributed by atoms with Crippen LogP contribution in [-0.2, 0) is 4.79 Å². The topological polar surface area (TPSA) is 46.2 Å². The molecule has 0 bridgehead atoms. The number of ketones is 1. The first-order valence-electron chi connectivity index (χ1n) is 4.69. The largest absolute Gasteiger partial charge is 0.325 e. The van der Waals surface area contributed by atoms with E-state index < -0.39 is 0 Å². The molecule has 0 fully saturated rings. The first-order chi connectivity index (χ1) is 6.77. The molecule has 3 heteroatoms. The zero-order valence-electron chi connectivity index (χ0n) is 7.75. The zero-order valence-corrected chi connectivity index (χ0v) is 7.75. The molecule has 0 saturated carbocycles. The van der Waals surface area contributed by atoms with Gasteiger partial charge in [-0.2, -0.15) is 0 Å². The fourth-order valence-electron chi connectivity index (χ4n) is 1.59. The first-order valence-corrected chi connectivity index (χ1v) is 4.69. The number of carbonyl (C=O) groups is 2. The van der Waals surface area contributed by atoms with Gasteiger partial charge in [0.05, 0.1) is 5.69 Å². The van der Waals surface area contributed by atoms with E-state index in [9.17, 15) is 9.59 Å². The average Bonchev–Trinajstić information content (AvgIpc) is 2.16. The van der Waals surface area contributed by atoms with Crippen LogP contribution in [0.5, 0.6) is 0 Å². The second-order valence-corrected chi connectivity index (χ2v) is 3.37. The Balaban J connectivity index is 2.42. The number of hydrogen-bond donors (Lipinski definition) is 1. The van der Waals surface area contributed by atoms with Gasteiger partial charge in [-0.1, -0.05) is 12.1 Å². The molecule has 1 heterocycles. The fourth-order valence-corrected chi connectivity index (χ4v) is 1.59. The maximum absolute atomic E-state index is 11.6. The highest BCUT2D eigenvalue weighted by Gasteiger charge is 2.16. The van der Waals surface area contributed by atoms with Gasteiger partial charge in [0.2, 0.25) is 5.91 Å². The quantitative estimate of drug-likeness (QED) is 0.678. The van der Waals surface area contributed by atoms with Crippen LogP contribution in [0.25, 0.3) is 0 Å². The van der Waals surface area contributed by atoms with Gasteiger partial charge in [-0.05, 0) is 18.6 Å². The van der Waals surface area contributed by atoms with E-state index in [1.54, 1.807) is 12.1 Å². The number of nitrogens with one attached hydrogen (secondary N) is 1. The van der Waals surface area contributed by atoms with E-state index >= 15 is 0 Å². The lowest BCUT2D eigenvalue weighted by Gasteiger charge is -2.13. The molecule has 0 aliphatic carbocycles. The highest BCUT2D eigenvalue weighted by molar-refractivity contribution is 6.06. The summed E-state index contributed by atoms with van der Waals surface area (Å²) in [5, 5.41) is 2.73. The number of benzene rings is 1. The second-order valence-electron chi connectivity index (χ2n) is 3.37. The van der Waals surface area contributed by atoms with Gasteiger partial charge in [-0.25, -0.2) is 0 Å². The summed E-state index contributed by atoms with van der Waals surface area (Å²) in [6.07, 6.45) is 1.53. The van der Waals surface area contributed by atoms with Crippen molar-refractivity contribution in [2.45, 2.75) is 19.3 Å². The summed E-state index contributed by atoms with van der Waals surface area (Å²) >= 11 is 0. The minimum atomic E-state index is -0.00931. The molecule has 1 aliphatic rings. The minimum absolute atomic E-state index is 0.00931. The summed E-state index contributed by atoms with van der Waals surface area (Å²) in [4.78, 5) is 22.9. The maximum Gasteiger partial charge on any atom is 0.224 e. The number of Topliss-reactive ketones (excluding diaryl/α,β-unsaturated/α-hetero) is 1. The van der Waals surface area contributed by atoms with Crippen molar-refractivity contribution >= 4 is 17.4 Å². The number of hydrogen-bond acceptors (Lipinski definition) is 2. The highest BCUT2D eigenvalue weighted by Crippen LogP contribution is 2.20. The fraction of sp³-hybridized carbons (Fsp3) is 0.273. The van der Waals surface area contributed by atoms with Gasteiger partial charge in [0.1, 0.15) is 0 Å². The summed E-state index contributed by atoms with van der Waals surface area (Å²) in [5.74, 6) is 0.102. The highest BCUT2D eigenvalue weighted by atomic mass is 16.1. The third-order valence-corrected chi connectivity index (χ3v) is 2.31. The molecule has 1 aromatic rings. The molecule has 0 atom stereocenters. The van der Waals surface area contributed by atoms with Crippen LogP contribution >= 0.6 is 0 Å². The van der Waals surface area contributed by atoms with Crippen LogP contribution in [0.15, 0.2) is 24.3 Å². The van der Waals surface area contributed by atoms with E-state index in [0.717, 1.165) is 0 Å². The van der Waals surface area contributed by atoms with Crippen molar-refractivity contribution in [2.75, 3.05) is 5.32 Å². The van der Waals surface area contributed by atoms with Crippen molar-refractivity contribution in [3.63, 3.8) is 0 Å². The Morgan fingerprint density at radius 1 is 1.07 bits per heavy atom. The number of carbonyl (C=O) groups excluding carboxylic acids is 2. The average molecular weight is 189 g/mol. The van der Waals surface area contributed by atoms with Gasteiger partial charge in [0.15, 0.2) is 5.78 Å². The molecule has 2 rings (SSSR count). The van der Waals surface area contributed by atoms with Gasteiger partial charge < -0.3 is 5.32 Å². The standard InChI is InChI=1S/C11H11NO2/c13-10-6-3-7-11(14)12-9-5-2-1-4-8(9)10/h1-2,4-5H,3,6-7H2,(H,12,14).